The number of thiophene rings is 1. The zero-order valence-electron chi connectivity index (χ0n) is 17.7. The molecule has 0 spiro atoms. The third-order valence-electron chi connectivity index (χ3n) is 4.74. The van der Waals surface area contributed by atoms with Gasteiger partial charge in [-0.15, -0.1) is 22.7 Å². The molecule has 3 N–H and O–H groups in total. The molecule has 3 aromatic rings. The van der Waals surface area contributed by atoms with Gasteiger partial charge in [0.05, 0.1) is 36.5 Å². The van der Waals surface area contributed by atoms with Crippen molar-refractivity contribution in [3.63, 3.8) is 0 Å². The lowest BCUT2D eigenvalue weighted by Gasteiger charge is -2.33. The molecule has 0 unspecified atom stereocenters. The molecule has 3 aromatic heterocycles. The molecule has 0 radical (unpaired) electrons. The Kier molecular flexibility index (Phi) is 9.13. The Morgan fingerprint density at radius 3 is 2.36 bits per heavy atom. The number of aromatic nitrogens is 1. The number of hydrogen-bond donors (Lipinski definition) is 3. The van der Waals surface area contributed by atoms with E-state index in [-0.39, 0.29) is 5.91 Å². The second-order valence-corrected chi connectivity index (χ2v) is 9.01. The summed E-state index contributed by atoms with van der Waals surface area (Å²) in [6.45, 7) is 5.48. The largest absolute Gasteiger partial charge is 0.473 e. The van der Waals surface area contributed by atoms with E-state index in [0.29, 0.717) is 13.1 Å². The highest BCUT2D eigenvalue weighted by atomic mass is 32.1. The summed E-state index contributed by atoms with van der Waals surface area (Å²) in [5, 5.41) is 23.1. The maximum atomic E-state index is 12.1. The van der Waals surface area contributed by atoms with Crippen LogP contribution < -0.4 is 5.32 Å². The Balaban J connectivity index is 0.000000454. The monoisotopic (exact) mass is 492 g/mol. The van der Waals surface area contributed by atoms with E-state index in [1.54, 1.807) is 28.9 Å². The predicted octanol–water partition coefficient (Wildman–Crippen LogP) is 2.05. The van der Waals surface area contributed by atoms with Gasteiger partial charge in [0.1, 0.15) is 10.8 Å². The number of rotatable bonds is 7. The number of furan rings is 1. The highest BCUT2D eigenvalue weighted by Crippen LogP contribution is 2.26. The Morgan fingerprint density at radius 1 is 1.03 bits per heavy atom. The first-order valence-corrected chi connectivity index (χ1v) is 11.8. The number of carboxylic acid groups (broad SMARTS) is 2. The zero-order chi connectivity index (χ0) is 23.6. The summed E-state index contributed by atoms with van der Waals surface area (Å²) in [6.07, 6.45) is 1.62. The minimum absolute atomic E-state index is 0.0420. The van der Waals surface area contributed by atoms with Crippen molar-refractivity contribution in [2.45, 2.75) is 13.1 Å². The first-order chi connectivity index (χ1) is 15.9. The number of carboxylic acids is 2. The first kappa shape index (κ1) is 24.6. The average Bonchev–Trinajstić information content (AvgIpc) is 3.56. The summed E-state index contributed by atoms with van der Waals surface area (Å²) in [5.74, 6) is -2.83. The number of carbonyl (C=O) groups is 3. The maximum absolute atomic E-state index is 12.1. The van der Waals surface area contributed by atoms with Gasteiger partial charge >= 0.3 is 11.9 Å². The normalized spacial score (nSPS) is 14.3. The van der Waals surface area contributed by atoms with Crippen LogP contribution in [-0.4, -0.2) is 75.6 Å². The molecule has 0 aliphatic carbocycles. The number of aliphatic carboxylic acids is 2. The number of nitrogens with zero attached hydrogens (tertiary/aromatic N) is 3. The van der Waals surface area contributed by atoms with Crippen molar-refractivity contribution in [2.75, 3.05) is 32.7 Å². The summed E-state index contributed by atoms with van der Waals surface area (Å²) < 4.78 is 5.23. The van der Waals surface area contributed by atoms with Crippen LogP contribution in [0.3, 0.4) is 0 Å². The number of hydrogen-bond acceptors (Lipinski definition) is 9. The topological polar surface area (TPSA) is 136 Å². The van der Waals surface area contributed by atoms with E-state index in [1.807, 2.05) is 12.1 Å². The molecule has 0 bridgehead atoms. The summed E-state index contributed by atoms with van der Waals surface area (Å²) in [4.78, 5) is 40.9. The minimum Gasteiger partial charge on any atom is -0.473 e. The number of amides is 1. The fourth-order valence-electron chi connectivity index (χ4n) is 3.08. The molecular formula is C21H24N4O6S2. The van der Waals surface area contributed by atoms with Gasteiger partial charge in [-0.2, -0.15) is 0 Å². The van der Waals surface area contributed by atoms with Gasteiger partial charge in [0.15, 0.2) is 0 Å². The van der Waals surface area contributed by atoms with Gasteiger partial charge in [-0.05, 0) is 23.6 Å². The van der Waals surface area contributed by atoms with Crippen LogP contribution >= 0.6 is 22.7 Å². The van der Waals surface area contributed by atoms with Crippen LogP contribution in [-0.2, 0) is 27.5 Å². The molecule has 4 rings (SSSR count). The second-order valence-electron chi connectivity index (χ2n) is 7.12. The summed E-state index contributed by atoms with van der Waals surface area (Å²) in [5.41, 5.74) is 1.08. The van der Waals surface area contributed by atoms with Gasteiger partial charge in [-0.3, -0.25) is 14.6 Å². The van der Waals surface area contributed by atoms with Crippen LogP contribution in [0.15, 0.2) is 45.7 Å². The number of nitrogens with one attached hydrogen (secondary N) is 1. The SMILES string of the molecule is O=C(CN1CCN(Cc2nc(-c3cccs3)cs2)CC1)NCc1ccco1.O=C(O)C(=O)O. The highest BCUT2D eigenvalue weighted by molar-refractivity contribution is 7.14. The Labute approximate surface area is 198 Å². The van der Waals surface area contributed by atoms with Gasteiger partial charge in [0.2, 0.25) is 5.91 Å². The van der Waals surface area contributed by atoms with Crippen molar-refractivity contribution < 1.29 is 29.0 Å². The molecular weight excluding hydrogens is 468 g/mol. The number of thiazole rings is 1. The number of carbonyl (C=O) groups excluding carboxylic acids is 1. The molecule has 1 saturated heterocycles. The van der Waals surface area contributed by atoms with E-state index in [2.05, 4.69) is 38.0 Å². The van der Waals surface area contributed by atoms with Crippen LogP contribution in [0.1, 0.15) is 10.8 Å². The van der Waals surface area contributed by atoms with Crippen LogP contribution in [0.2, 0.25) is 0 Å². The first-order valence-electron chi connectivity index (χ1n) is 10.1. The van der Waals surface area contributed by atoms with Crippen molar-refractivity contribution >= 4 is 40.5 Å². The standard InChI is InChI=1S/C19H22N4O2S2.C2H2O4/c24-18(20-11-15-3-1-9-25-15)12-22-5-7-23(8-6-22)13-19-21-16(14-27-19)17-4-2-10-26-17;3-1(4)2(5)6/h1-4,9-10,14H,5-8,11-13H2,(H,20,24);(H,3,4)(H,5,6). The highest BCUT2D eigenvalue weighted by Gasteiger charge is 2.20. The van der Waals surface area contributed by atoms with Gasteiger partial charge in [0.25, 0.3) is 0 Å². The molecule has 10 nitrogen and oxygen atoms in total. The number of piperazine rings is 1. The smallest absolute Gasteiger partial charge is 0.414 e. The molecule has 0 saturated carbocycles. The second kappa shape index (κ2) is 12.3. The van der Waals surface area contributed by atoms with Crippen molar-refractivity contribution in [1.29, 1.82) is 0 Å². The van der Waals surface area contributed by atoms with Crippen molar-refractivity contribution in [3.8, 4) is 10.6 Å². The van der Waals surface area contributed by atoms with Crippen LogP contribution in [0, 0.1) is 0 Å². The van der Waals surface area contributed by atoms with Crippen molar-refractivity contribution in [2.24, 2.45) is 0 Å². The van der Waals surface area contributed by atoms with E-state index in [9.17, 15) is 4.79 Å². The zero-order valence-corrected chi connectivity index (χ0v) is 19.3. The van der Waals surface area contributed by atoms with Crippen LogP contribution in [0.4, 0.5) is 0 Å². The maximum Gasteiger partial charge on any atom is 0.414 e. The average molecular weight is 493 g/mol. The third kappa shape index (κ3) is 8.09. The van der Waals surface area contributed by atoms with Gasteiger partial charge in [-0.25, -0.2) is 14.6 Å². The van der Waals surface area contributed by atoms with Crippen LogP contribution in [0.5, 0.6) is 0 Å². The van der Waals surface area contributed by atoms with E-state index >= 15 is 0 Å². The molecule has 1 aliphatic heterocycles. The van der Waals surface area contributed by atoms with Gasteiger partial charge in [0, 0.05) is 31.6 Å². The molecule has 4 heterocycles. The van der Waals surface area contributed by atoms with E-state index in [0.717, 1.165) is 49.2 Å². The van der Waals surface area contributed by atoms with E-state index < -0.39 is 11.9 Å². The predicted molar refractivity (Wildman–Crippen MR) is 123 cm³/mol. The van der Waals surface area contributed by atoms with Crippen molar-refractivity contribution in [3.05, 3.63) is 52.1 Å². The van der Waals surface area contributed by atoms with Crippen LogP contribution in [0.25, 0.3) is 10.6 Å². The lowest BCUT2D eigenvalue weighted by molar-refractivity contribution is -0.159. The van der Waals surface area contributed by atoms with E-state index in [4.69, 9.17) is 29.2 Å². The molecule has 1 aliphatic rings. The molecule has 33 heavy (non-hydrogen) atoms. The molecule has 12 heteroatoms. The Hall–Kier alpha value is -3.06. The lowest BCUT2D eigenvalue weighted by atomic mass is 10.3. The van der Waals surface area contributed by atoms with Gasteiger partial charge in [-0.1, -0.05) is 6.07 Å². The minimum atomic E-state index is -1.82. The van der Waals surface area contributed by atoms with Crippen molar-refractivity contribution in [1.82, 2.24) is 20.1 Å². The fourth-order valence-corrected chi connectivity index (χ4v) is 4.67. The Morgan fingerprint density at radius 2 is 1.76 bits per heavy atom. The Bertz CT molecular complexity index is 1020. The quantitative estimate of drug-likeness (QED) is 0.423. The van der Waals surface area contributed by atoms with Gasteiger partial charge < -0.3 is 19.9 Å². The lowest BCUT2D eigenvalue weighted by Crippen LogP contribution is -2.49. The third-order valence-corrected chi connectivity index (χ3v) is 6.47. The summed E-state index contributed by atoms with van der Waals surface area (Å²) in [7, 11) is 0. The molecule has 1 amide bonds. The van der Waals surface area contributed by atoms with E-state index in [1.165, 1.54) is 4.88 Å². The fraction of sp³-hybridized carbons (Fsp3) is 0.333. The molecule has 0 aromatic carbocycles. The summed E-state index contributed by atoms with van der Waals surface area (Å²) >= 11 is 3.45. The molecule has 1 fully saturated rings. The molecule has 0 atom stereocenters. The molecule has 176 valence electrons. The summed E-state index contributed by atoms with van der Waals surface area (Å²) in [6, 6.07) is 7.86.